The van der Waals surface area contributed by atoms with E-state index in [1.165, 1.54) is 10.8 Å². The molecule has 0 aliphatic carbocycles. The highest BCUT2D eigenvalue weighted by Gasteiger charge is 1.93. The highest BCUT2D eigenvalue weighted by molar-refractivity contribution is 7.28. The summed E-state index contributed by atoms with van der Waals surface area (Å²) in [5, 5.41) is 3.61. The van der Waals surface area contributed by atoms with Gasteiger partial charge in [0.2, 0.25) is 0 Å². The highest BCUT2D eigenvalue weighted by Crippen LogP contribution is 2.10. The lowest BCUT2D eigenvalue weighted by Crippen LogP contribution is -1.93. The fourth-order valence-electron chi connectivity index (χ4n) is 1.14. The third-order valence-corrected chi connectivity index (χ3v) is 2.16. The Morgan fingerprint density at radius 1 is 1.09 bits per heavy atom. The lowest BCUT2D eigenvalue weighted by atomic mass is 10.2. The largest absolute Gasteiger partial charge is 0.263 e. The third kappa shape index (κ3) is 1.12. The number of benzene rings is 1. The molecule has 1 aromatic carbocycles. The van der Waals surface area contributed by atoms with Crippen molar-refractivity contribution < 1.29 is 0 Å². The molecule has 0 saturated heterocycles. The van der Waals surface area contributed by atoms with Crippen LogP contribution in [0.2, 0.25) is 0 Å². The molecular formula is C9H8NP. The molecule has 0 aliphatic rings. The maximum absolute atomic E-state index is 4.09. The van der Waals surface area contributed by atoms with Gasteiger partial charge in [0, 0.05) is 17.8 Å². The summed E-state index contributed by atoms with van der Waals surface area (Å²) in [7, 11) is 2.68. The predicted octanol–water partition coefficient (Wildman–Crippen LogP) is 1.74. The van der Waals surface area contributed by atoms with Crippen LogP contribution in [0.4, 0.5) is 0 Å². The molecule has 1 nitrogen and oxygen atoms in total. The predicted molar refractivity (Wildman–Crippen MR) is 51.1 cm³/mol. The second-order valence-electron chi connectivity index (χ2n) is 2.45. The van der Waals surface area contributed by atoms with Crippen LogP contribution < -0.4 is 5.30 Å². The van der Waals surface area contributed by atoms with Crippen molar-refractivity contribution >= 4 is 25.3 Å². The molecule has 0 radical (unpaired) electrons. The maximum Gasteiger partial charge on any atom is 0.0346 e. The summed E-state index contributed by atoms with van der Waals surface area (Å²) < 4.78 is 0. The summed E-state index contributed by atoms with van der Waals surface area (Å²) in [6.45, 7) is 0. The average Bonchev–Trinajstić information content (AvgIpc) is 2.06. The number of fused-ring (bicyclic) bond motifs is 1. The molecule has 0 fully saturated rings. The van der Waals surface area contributed by atoms with Crippen LogP contribution in [0.25, 0.3) is 10.8 Å². The molecule has 2 heteroatoms. The first-order valence-electron chi connectivity index (χ1n) is 3.46. The SMILES string of the molecule is Pc1cncc2ccccc12. The van der Waals surface area contributed by atoms with Crippen molar-refractivity contribution in [3.05, 3.63) is 36.7 Å². The van der Waals surface area contributed by atoms with Gasteiger partial charge in [-0.2, -0.15) is 0 Å². The third-order valence-electron chi connectivity index (χ3n) is 1.70. The van der Waals surface area contributed by atoms with Gasteiger partial charge in [-0.25, -0.2) is 0 Å². The summed E-state index contributed by atoms with van der Waals surface area (Å²) >= 11 is 0. The van der Waals surface area contributed by atoms with Gasteiger partial charge in [0.25, 0.3) is 0 Å². The zero-order valence-electron chi connectivity index (χ0n) is 5.99. The van der Waals surface area contributed by atoms with E-state index in [4.69, 9.17) is 0 Å². The van der Waals surface area contributed by atoms with Crippen LogP contribution in [0, 0.1) is 0 Å². The molecule has 1 unspecified atom stereocenters. The van der Waals surface area contributed by atoms with E-state index in [-0.39, 0.29) is 0 Å². The van der Waals surface area contributed by atoms with Gasteiger partial charge in [-0.05, 0) is 10.7 Å². The number of aromatic nitrogens is 1. The van der Waals surface area contributed by atoms with Crippen molar-refractivity contribution in [3.63, 3.8) is 0 Å². The fourth-order valence-corrected chi connectivity index (χ4v) is 1.49. The second kappa shape index (κ2) is 2.60. The van der Waals surface area contributed by atoms with E-state index in [1.54, 1.807) is 0 Å². The Balaban J connectivity index is 2.91. The van der Waals surface area contributed by atoms with E-state index in [0.717, 1.165) is 5.30 Å². The van der Waals surface area contributed by atoms with Gasteiger partial charge in [0.1, 0.15) is 0 Å². The lowest BCUT2D eigenvalue weighted by molar-refractivity contribution is 1.38. The first kappa shape index (κ1) is 6.75. The van der Waals surface area contributed by atoms with E-state index >= 15 is 0 Å². The van der Waals surface area contributed by atoms with Crippen molar-refractivity contribution in [2.24, 2.45) is 0 Å². The van der Waals surface area contributed by atoms with Gasteiger partial charge in [-0.15, -0.1) is 9.24 Å². The van der Waals surface area contributed by atoms with E-state index in [1.807, 2.05) is 24.5 Å². The molecule has 1 heterocycles. The monoisotopic (exact) mass is 161 g/mol. The van der Waals surface area contributed by atoms with Gasteiger partial charge >= 0.3 is 0 Å². The van der Waals surface area contributed by atoms with Gasteiger partial charge in [-0.3, -0.25) is 4.98 Å². The van der Waals surface area contributed by atoms with Crippen LogP contribution in [0.1, 0.15) is 0 Å². The Hall–Kier alpha value is -0.940. The minimum absolute atomic E-state index is 1.16. The van der Waals surface area contributed by atoms with Gasteiger partial charge in [0.15, 0.2) is 0 Å². The molecule has 0 spiro atoms. The molecule has 0 N–H and O–H groups in total. The second-order valence-corrected chi connectivity index (χ2v) is 3.07. The van der Waals surface area contributed by atoms with Crippen molar-refractivity contribution in [1.29, 1.82) is 0 Å². The Kier molecular flexibility index (Phi) is 1.59. The van der Waals surface area contributed by atoms with E-state index < -0.39 is 0 Å². The van der Waals surface area contributed by atoms with Crippen molar-refractivity contribution in [1.82, 2.24) is 4.98 Å². The van der Waals surface area contributed by atoms with Gasteiger partial charge < -0.3 is 0 Å². The molecule has 2 aromatic rings. The smallest absolute Gasteiger partial charge is 0.0346 e. The normalized spacial score (nSPS) is 10.3. The zero-order chi connectivity index (χ0) is 7.68. The van der Waals surface area contributed by atoms with Crippen molar-refractivity contribution in [3.8, 4) is 0 Å². The number of rotatable bonds is 0. The molecule has 0 amide bonds. The van der Waals surface area contributed by atoms with Crippen LogP contribution in [0.5, 0.6) is 0 Å². The highest BCUT2D eigenvalue weighted by atomic mass is 31.0. The first-order valence-corrected chi connectivity index (χ1v) is 4.04. The Morgan fingerprint density at radius 2 is 1.91 bits per heavy atom. The molecule has 54 valence electrons. The molecule has 0 bridgehead atoms. The minimum atomic E-state index is 1.16. The molecule has 0 saturated carbocycles. The van der Waals surface area contributed by atoms with Crippen molar-refractivity contribution in [2.75, 3.05) is 0 Å². The molecule has 1 aromatic heterocycles. The number of hydrogen-bond acceptors (Lipinski definition) is 1. The quantitative estimate of drug-likeness (QED) is 0.536. The fraction of sp³-hybridized carbons (Fsp3) is 0. The molecule has 1 atom stereocenters. The summed E-state index contributed by atoms with van der Waals surface area (Å²) in [4.78, 5) is 4.09. The zero-order valence-corrected chi connectivity index (χ0v) is 7.14. The van der Waals surface area contributed by atoms with Crippen LogP contribution in [0.15, 0.2) is 36.7 Å². The number of nitrogens with zero attached hydrogens (tertiary/aromatic N) is 1. The number of hydrogen-bond donors (Lipinski definition) is 0. The lowest BCUT2D eigenvalue weighted by Gasteiger charge is -1.97. The van der Waals surface area contributed by atoms with E-state index in [9.17, 15) is 0 Å². The Labute approximate surface area is 67.7 Å². The Bertz CT molecular complexity index is 379. The van der Waals surface area contributed by atoms with E-state index in [2.05, 4.69) is 26.4 Å². The van der Waals surface area contributed by atoms with Crippen LogP contribution in [-0.4, -0.2) is 4.98 Å². The molecule has 2 rings (SSSR count). The first-order chi connectivity index (χ1) is 5.38. The summed E-state index contributed by atoms with van der Waals surface area (Å²) in [5.74, 6) is 0. The van der Waals surface area contributed by atoms with Crippen LogP contribution in [0.3, 0.4) is 0 Å². The number of pyridine rings is 1. The standard InChI is InChI=1S/C9H8NP/c11-9-6-10-5-7-3-1-2-4-8(7)9/h1-6H,11H2. The topological polar surface area (TPSA) is 12.9 Å². The molecular weight excluding hydrogens is 153 g/mol. The molecule has 0 aliphatic heterocycles. The van der Waals surface area contributed by atoms with Gasteiger partial charge in [-0.1, -0.05) is 24.3 Å². The maximum atomic E-state index is 4.09. The summed E-state index contributed by atoms with van der Waals surface area (Å²) in [5.41, 5.74) is 0. The Morgan fingerprint density at radius 3 is 2.73 bits per heavy atom. The average molecular weight is 161 g/mol. The van der Waals surface area contributed by atoms with Crippen molar-refractivity contribution in [2.45, 2.75) is 0 Å². The van der Waals surface area contributed by atoms with E-state index in [0.29, 0.717) is 0 Å². The summed E-state index contributed by atoms with van der Waals surface area (Å²) in [6.07, 6.45) is 3.73. The summed E-state index contributed by atoms with van der Waals surface area (Å²) in [6, 6.07) is 8.22. The minimum Gasteiger partial charge on any atom is -0.263 e. The molecule has 11 heavy (non-hydrogen) atoms. The van der Waals surface area contributed by atoms with Crippen LogP contribution >= 0.6 is 9.24 Å². The van der Waals surface area contributed by atoms with Crippen LogP contribution in [-0.2, 0) is 0 Å². The van der Waals surface area contributed by atoms with Gasteiger partial charge in [0.05, 0.1) is 0 Å².